The van der Waals surface area contributed by atoms with Gasteiger partial charge in [0.1, 0.15) is 6.10 Å². The van der Waals surface area contributed by atoms with E-state index in [1.165, 1.54) is 0 Å². The highest BCUT2D eigenvalue weighted by molar-refractivity contribution is 9.10. The molecule has 84 valence electrons. The summed E-state index contributed by atoms with van der Waals surface area (Å²) in [5, 5.41) is 8.64. The fourth-order valence-corrected chi connectivity index (χ4v) is 1.90. The zero-order chi connectivity index (χ0) is 11.5. The molecule has 1 heterocycles. The van der Waals surface area contributed by atoms with E-state index < -0.39 is 5.97 Å². The lowest BCUT2D eigenvalue weighted by molar-refractivity contribution is -0.138. The van der Waals surface area contributed by atoms with Gasteiger partial charge >= 0.3 is 5.97 Å². The van der Waals surface area contributed by atoms with E-state index in [0.717, 1.165) is 10.0 Å². The molecule has 0 aliphatic carbocycles. The number of carbonyl (C=O) groups is 1. The van der Waals surface area contributed by atoms with Gasteiger partial charge in [0.25, 0.3) is 0 Å². The summed E-state index contributed by atoms with van der Waals surface area (Å²) in [6, 6.07) is 7.57. The monoisotopic (exact) mass is 283 g/mol. The number of nitrogens with zero attached hydrogens (tertiary/aromatic N) is 1. The van der Waals surface area contributed by atoms with Crippen LogP contribution in [-0.4, -0.2) is 29.6 Å². The molecule has 1 aliphatic rings. The third-order valence-corrected chi connectivity index (χ3v) is 2.68. The van der Waals surface area contributed by atoms with Gasteiger partial charge in [0.05, 0.1) is 13.0 Å². The molecule has 2 rings (SSSR count). The standard InChI is InChI=1S/C11H10BrNO3/c12-8-3-1-2-7(4-8)11-13-6-9(16-11)5-10(14)15/h1-4,9H,5-6H2,(H,14,15). The molecule has 0 amide bonds. The van der Waals surface area contributed by atoms with Crippen LogP contribution in [-0.2, 0) is 9.53 Å². The highest BCUT2D eigenvalue weighted by Gasteiger charge is 2.23. The Labute approximate surface area is 101 Å². The summed E-state index contributed by atoms with van der Waals surface area (Å²) < 4.78 is 6.40. The maximum Gasteiger partial charge on any atom is 0.307 e. The van der Waals surface area contributed by atoms with Gasteiger partial charge in [-0.1, -0.05) is 22.0 Å². The Bertz CT molecular complexity index is 445. The number of hydrogen-bond acceptors (Lipinski definition) is 3. The number of carboxylic acid groups (broad SMARTS) is 1. The van der Waals surface area contributed by atoms with Gasteiger partial charge in [-0.15, -0.1) is 0 Å². The molecule has 0 saturated heterocycles. The Balaban J connectivity index is 2.06. The number of benzene rings is 1. The lowest BCUT2D eigenvalue weighted by Crippen LogP contribution is -2.17. The van der Waals surface area contributed by atoms with Gasteiger partial charge in [-0.2, -0.15) is 0 Å². The minimum absolute atomic E-state index is 0.0129. The van der Waals surface area contributed by atoms with Crippen molar-refractivity contribution in [1.82, 2.24) is 0 Å². The van der Waals surface area contributed by atoms with Gasteiger partial charge in [-0.3, -0.25) is 4.79 Å². The first-order valence-corrected chi connectivity index (χ1v) is 5.63. The van der Waals surface area contributed by atoms with Crippen molar-refractivity contribution in [3.8, 4) is 0 Å². The van der Waals surface area contributed by atoms with E-state index in [4.69, 9.17) is 9.84 Å². The van der Waals surface area contributed by atoms with Crippen LogP contribution in [0, 0.1) is 0 Å². The van der Waals surface area contributed by atoms with Crippen LogP contribution < -0.4 is 0 Å². The van der Waals surface area contributed by atoms with Gasteiger partial charge in [-0.05, 0) is 18.2 Å². The highest BCUT2D eigenvalue weighted by atomic mass is 79.9. The van der Waals surface area contributed by atoms with E-state index >= 15 is 0 Å². The largest absolute Gasteiger partial charge is 0.481 e. The van der Waals surface area contributed by atoms with Crippen LogP contribution in [0.5, 0.6) is 0 Å². The lowest BCUT2D eigenvalue weighted by Gasteiger charge is -2.08. The fraction of sp³-hybridized carbons (Fsp3) is 0.273. The van der Waals surface area contributed by atoms with Crippen molar-refractivity contribution < 1.29 is 14.6 Å². The van der Waals surface area contributed by atoms with Crippen molar-refractivity contribution in [2.75, 3.05) is 6.54 Å². The molecular weight excluding hydrogens is 274 g/mol. The molecule has 1 unspecified atom stereocenters. The molecular formula is C11H10BrNO3. The quantitative estimate of drug-likeness (QED) is 0.924. The van der Waals surface area contributed by atoms with Gasteiger partial charge in [-0.25, -0.2) is 4.99 Å². The van der Waals surface area contributed by atoms with Gasteiger partial charge in [0.2, 0.25) is 5.90 Å². The summed E-state index contributed by atoms with van der Waals surface area (Å²) in [7, 11) is 0. The number of halogens is 1. The average Bonchev–Trinajstić information content (AvgIpc) is 2.65. The summed E-state index contributed by atoms with van der Waals surface area (Å²) in [6.45, 7) is 0.411. The summed E-state index contributed by atoms with van der Waals surface area (Å²) in [4.78, 5) is 14.7. The number of aliphatic carboxylic acids is 1. The summed E-state index contributed by atoms with van der Waals surface area (Å²) in [5.41, 5.74) is 0.863. The molecule has 1 aromatic carbocycles. The minimum atomic E-state index is -0.865. The van der Waals surface area contributed by atoms with Gasteiger partial charge in [0.15, 0.2) is 0 Å². The van der Waals surface area contributed by atoms with Crippen LogP contribution in [0.1, 0.15) is 12.0 Å². The molecule has 1 aromatic rings. The normalized spacial score (nSPS) is 19.1. The molecule has 1 aliphatic heterocycles. The van der Waals surface area contributed by atoms with Crippen molar-refractivity contribution in [1.29, 1.82) is 0 Å². The molecule has 0 spiro atoms. The summed E-state index contributed by atoms with van der Waals surface area (Å²) in [5.74, 6) is -0.344. The van der Waals surface area contributed by atoms with Crippen LogP contribution >= 0.6 is 15.9 Å². The van der Waals surface area contributed by atoms with Crippen LogP contribution in [0.4, 0.5) is 0 Å². The predicted octanol–water partition coefficient (Wildman–Crippen LogP) is 2.07. The first kappa shape index (κ1) is 11.1. The second-order valence-electron chi connectivity index (χ2n) is 3.49. The van der Waals surface area contributed by atoms with E-state index in [2.05, 4.69) is 20.9 Å². The Morgan fingerprint density at radius 3 is 3.12 bits per heavy atom. The second kappa shape index (κ2) is 4.65. The van der Waals surface area contributed by atoms with E-state index in [9.17, 15) is 4.79 Å². The maximum atomic E-state index is 10.5. The fourth-order valence-electron chi connectivity index (χ4n) is 1.50. The molecule has 0 fully saturated rings. The maximum absolute atomic E-state index is 10.5. The van der Waals surface area contributed by atoms with Crippen LogP contribution in [0.2, 0.25) is 0 Å². The Morgan fingerprint density at radius 1 is 1.62 bits per heavy atom. The van der Waals surface area contributed by atoms with Gasteiger partial charge < -0.3 is 9.84 Å². The van der Waals surface area contributed by atoms with Crippen molar-refractivity contribution in [3.05, 3.63) is 34.3 Å². The van der Waals surface area contributed by atoms with Crippen LogP contribution in [0.15, 0.2) is 33.7 Å². The summed E-state index contributed by atoms with van der Waals surface area (Å²) in [6.07, 6.45) is -0.354. The molecule has 4 nitrogen and oxygen atoms in total. The SMILES string of the molecule is O=C(O)CC1CN=C(c2cccc(Br)c2)O1. The molecule has 0 bridgehead atoms. The zero-order valence-corrected chi connectivity index (χ0v) is 9.98. The van der Waals surface area contributed by atoms with Crippen molar-refractivity contribution >= 4 is 27.8 Å². The minimum Gasteiger partial charge on any atom is -0.481 e. The topological polar surface area (TPSA) is 58.9 Å². The third-order valence-electron chi connectivity index (χ3n) is 2.19. The second-order valence-corrected chi connectivity index (χ2v) is 4.41. The number of carboxylic acids is 1. The molecule has 0 saturated carbocycles. The predicted molar refractivity (Wildman–Crippen MR) is 62.7 cm³/mol. The third kappa shape index (κ3) is 2.61. The molecule has 16 heavy (non-hydrogen) atoms. The van der Waals surface area contributed by atoms with E-state index in [1.807, 2.05) is 24.3 Å². The van der Waals surface area contributed by atoms with E-state index in [1.54, 1.807) is 0 Å². The van der Waals surface area contributed by atoms with Crippen molar-refractivity contribution in [3.63, 3.8) is 0 Å². The number of rotatable bonds is 3. The Hall–Kier alpha value is -1.36. The number of ether oxygens (including phenoxy) is 1. The lowest BCUT2D eigenvalue weighted by atomic mass is 10.2. The molecule has 5 heteroatoms. The first-order chi connectivity index (χ1) is 7.65. The smallest absolute Gasteiger partial charge is 0.307 e. The number of aliphatic imine (C=N–C) groups is 1. The van der Waals surface area contributed by atoms with Crippen LogP contribution in [0.3, 0.4) is 0 Å². The Kier molecular flexibility index (Phi) is 3.24. The van der Waals surface area contributed by atoms with Crippen molar-refractivity contribution in [2.24, 2.45) is 4.99 Å². The van der Waals surface area contributed by atoms with Crippen LogP contribution in [0.25, 0.3) is 0 Å². The summed E-state index contributed by atoms with van der Waals surface area (Å²) >= 11 is 3.36. The van der Waals surface area contributed by atoms with E-state index in [-0.39, 0.29) is 12.5 Å². The van der Waals surface area contributed by atoms with E-state index in [0.29, 0.717) is 12.4 Å². The molecule has 1 atom stereocenters. The molecule has 0 aromatic heterocycles. The van der Waals surface area contributed by atoms with Crippen molar-refractivity contribution in [2.45, 2.75) is 12.5 Å². The Morgan fingerprint density at radius 2 is 2.44 bits per heavy atom. The molecule has 0 radical (unpaired) electrons. The first-order valence-electron chi connectivity index (χ1n) is 4.84. The molecule has 1 N–H and O–H groups in total. The average molecular weight is 284 g/mol. The zero-order valence-electron chi connectivity index (χ0n) is 8.39. The van der Waals surface area contributed by atoms with Gasteiger partial charge in [0, 0.05) is 10.0 Å². The number of hydrogen-bond donors (Lipinski definition) is 1. The highest BCUT2D eigenvalue weighted by Crippen LogP contribution is 2.18.